The fourth-order valence-electron chi connectivity index (χ4n) is 1.88. The molecule has 0 aliphatic rings. The summed E-state index contributed by atoms with van der Waals surface area (Å²) in [6.45, 7) is 7.89. The molecule has 2 rings (SSSR count). The topological polar surface area (TPSA) is 60.7 Å². The van der Waals surface area contributed by atoms with Crippen LogP contribution in [0.2, 0.25) is 0 Å². The van der Waals surface area contributed by atoms with Crippen LogP contribution in [0.5, 0.6) is 0 Å². The Kier molecular flexibility index (Phi) is 3.15. The predicted molar refractivity (Wildman–Crippen MR) is 70.1 cm³/mol. The van der Waals surface area contributed by atoms with Crippen molar-refractivity contribution in [2.45, 2.75) is 25.9 Å². The second-order valence-electron chi connectivity index (χ2n) is 4.30. The minimum atomic E-state index is -0.169. The predicted octanol–water partition coefficient (Wildman–Crippen LogP) is 2.08. The van der Waals surface area contributed by atoms with Gasteiger partial charge < -0.3 is 15.3 Å². The molecule has 0 radical (unpaired) electrons. The van der Waals surface area contributed by atoms with Crippen molar-refractivity contribution in [3.63, 3.8) is 0 Å². The van der Waals surface area contributed by atoms with Gasteiger partial charge in [0.2, 0.25) is 0 Å². The maximum Gasteiger partial charge on any atom is 0.323 e. The molecule has 4 nitrogen and oxygen atoms in total. The third kappa shape index (κ3) is 2.47. The zero-order valence-corrected chi connectivity index (χ0v) is 10.1. The highest BCUT2D eigenvalue weighted by Crippen LogP contribution is 2.17. The monoisotopic (exact) mass is 231 g/mol. The molecule has 0 fully saturated rings. The molecule has 1 aromatic heterocycles. The van der Waals surface area contributed by atoms with Crippen molar-refractivity contribution in [2.24, 2.45) is 0 Å². The normalized spacial score (nSPS) is 14.7. The summed E-state index contributed by atoms with van der Waals surface area (Å²) < 4.78 is 0. The fourth-order valence-corrected chi connectivity index (χ4v) is 1.88. The maximum absolute atomic E-state index is 11.2. The van der Waals surface area contributed by atoms with Crippen LogP contribution in [0.3, 0.4) is 0 Å². The van der Waals surface area contributed by atoms with E-state index in [2.05, 4.69) is 35.7 Å². The molecular weight excluding hydrogens is 214 g/mol. The Morgan fingerprint density at radius 1 is 1.29 bits per heavy atom. The molecule has 2 aromatic rings. The molecule has 0 bridgehead atoms. The molecule has 0 amide bonds. The summed E-state index contributed by atoms with van der Waals surface area (Å²) >= 11 is 0. The zero-order valence-electron chi connectivity index (χ0n) is 10.1. The molecule has 0 saturated heterocycles. The molecule has 0 aliphatic heterocycles. The summed E-state index contributed by atoms with van der Waals surface area (Å²) in [5.74, 6) is 0. The Bertz CT molecular complexity index is 582. The van der Waals surface area contributed by atoms with Gasteiger partial charge in [0.05, 0.1) is 11.0 Å². The average molecular weight is 231 g/mol. The number of rotatable bonds is 4. The molecule has 4 heteroatoms. The highest BCUT2D eigenvalue weighted by atomic mass is 16.1. The van der Waals surface area contributed by atoms with Crippen LogP contribution in [0.4, 0.5) is 0 Å². The average Bonchev–Trinajstić information content (AvgIpc) is 2.67. The summed E-state index contributed by atoms with van der Waals surface area (Å²) in [6, 6.07) is 6.39. The van der Waals surface area contributed by atoms with Gasteiger partial charge in [-0.1, -0.05) is 12.1 Å². The van der Waals surface area contributed by atoms with Gasteiger partial charge in [0.1, 0.15) is 0 Å². The van der Waals surface area contributed by atoms with Gasteiger partial charge in [0.25, 0.3) is 0 Å². The van der Waals surface area contributed by atoms with E-state index in [4.69, 9.17) is 0 Å². The van der Waals surface area contributed by atoms with Gasteiger partial charge in [-0.2, -0.15) is 0 Å². The van der Waals surface area contributed by atoms with Crippen LogP contribution >= 0.6 is 0 Å². The highest BCUT2D eigenvalue weighted by molar-refractivity contribution is 5.75. The van der Waals surface area contributed by atoms with Gasteiger partial charge in [0.15, 0.2) is 0 Å². The standard InChI is InChI=1S/C13H17N3O/c1-4-8(2)14-9(3)10-5-6-11-12(7-10)16-13(17)15-11/h4-9,14H,1H2,2-3H3,(H2,15,16,17). The maximum atomic E-state index is 11.2. The Balaban J connectivity index is 2.29. The van der Waals surface area contributed by atoms with Gasteiger partial charge in [-0.05, 0) is 31.5 Å². The van der Waals surface area contributed by atoms with E-state index >= 15 is 0 Å². The smallest absolute Gasteiger partial charge is 0.306 e. The third-order valence-electron chi connectivity index (χ3n) is 2.91. The van der Waals surface area contributed by atoms with E-state index in [0.29, 0.717) is 0 Å². The van der Waals surface area contributed by atoms with Crippen molar-refractivity contribution in [3.05, 3.63) is 46.9 Å². The zero-order chi connectivity index (χ0) is 12.4. The molecule has 17 heavy (non-hydrogen) atoms. The second-order valence-corrected chi connectivity index (χ2v) is 4.30. The number of aromatic nitrogens is 2. The Morgan fingerprint density at radius 3 is 2.71 bits per heavy atom. The molecule has 1 aromatic carbocycles. The molecule has 2 unspecified atom stereocenters. The minimum absolute atomic E-state index is 0.169. The Labute approximate surface area is 99.8 Å². The van der Waals surface area contributed by atoms with Crippen molar-refractivity contribution >= 4 is 11.0 Å². The van der Waals surface area contributed by atoms with Crippen molar-refractivity contribution < 1.29 is 0 Å². The van der Waals surface area contributed by atoms with Gasteiger partial charge in [-0.15, -0.1) is 6.58 Å². The fraction of sp³-hybridized carbons (Fsp3) is 0.308. The molecule has 0 aliphatic carbocycles. The van der Waals surface area contributed by atoms with Crippen LogP contribution < -0.4 is 11.0 Å². The minimum Gasteiger partial charge on any atom is -0.306 e. The van der Waals surface area contributed by atoms with Crippen LogP contribution in [0.1, 0.15) is 25.5 Å². The van der Waals surface area contributed by atoms with Gasteiger partial charge in [-0.3, -0.25) is 0 Å². The van der Waals surface area contributed by atoms with E-state index in [9.17, 15) is 4.79 Å². The Morgan fingerprint density at radius 2 is 2.00 bits per heavy atom. The highest BCUT2D eigenvalue weighted by Gasteiger charge is 2.08. The SMILES string of the molecule is C=CC(C)NC(C)c1ccc2[nH]c(=O)[nH]c2c1. The number of imidazole rings is 1. The summed E-state index contributed by atoms with van der Waals surface area (Å²) in [5, 5.41) is 3.40. The van der Waals surface area contributed by atoms with E-state index in [0.717, 1.165) is 16.6 Å². The molecule has 0 spiro atoms. The molecule has 3 N–H and O–H groups in total. The molecule has 2 atom stereocenters. The van der Waals surface area contributed by atoms with E-state index in [-0.39, 0.29) is 17.8 Å². The van der Waals surface area contributed by atoms with Crippen LogP contribution in [-0.4, -0.2) is 16.0 Å². The lowest BCUT2D eigenvalue weighted by Gasteiger charge is -2.17. The van der Waals surface area contributed by atoms with E-state index in [1.807, 2.05) is 24.3 Å². The van der Waals surface area contributed by atoms with Gasteiger partial charge in [-0.25, -0.2) is 4.79 Å². The van der Waals surface area contributed by atoms with Crippen LogP contribution in [0.25, 0.3) is 11.0 Å². The third-order valence-corrected chi connectivity index (χ3v) is 2.91. The summed E-state index contributed by atoms with van der Waals surface area (Å²) in [4.78, 5) is 16.6. The number of hydrogen-bond acceptors (Lipinski definition) is 2. The van der Waals surface area contributed by atoms with E-state index < -0.39 is 0 Å². The first kappa shape index (κ1) is 11.7. The largest absolute Gasteiger partial charge is 0.323 e. The van der Waals surface area contributed by atoms with Crippen LogP contribution in [0.15, 0.2) is 35.6 Å². The number of fused-ring (bicyclic) bond motifs is 1. The number of hydrogen-bond donors (Lipinski definition) is 3. The first-order chi connectivity index (χ1) is 8.10. The molecule has 0 saturated carbocycles. The second kappa shape index (κ2) is 4.59. The summed E-state index contributed by atoms with van der Waals surface area (Å²) in [7, 11) is 0. The van der Waals surface area contributed by atoms with Gasteiger partial charge in [0, 0.05) is 12.1 Å². The van der Waals surface area contributed by atoms with Crippen LogP contribution in [-0.2, 0) is 0 Å². The number of nitrogens with one attached hydrogen (secondary N) is 3. The van der Waals surface area contributed by atoms with E-state index in [1.165, 1.54) is 0 Å². The van der Waals surface area contributed by atoms with Crippen molar-refractivity contribution in [2.75, 3.05) is 0 Å². The number of benzene rings is 1. The van der Waals surface area contributed by atoms with Gasteiger partial charge >= 0.3 is 5.69 Å². The summed E-state index contributed by atoms with van der Waals surface area (Å²) in [5.41, 5.74) is 2.65. The van der Waals surface area contributed by atoms with Crippen molar-refractivity contribution in [1.29, 1.82) is 0 Å². The quantitative estimate of drug-likeness (QED) is 0.705. The first-order valence-corrected chi connectivity index (χ1v) is 5.70. The van der Waals surface area contributed by atoms with Crippen LogP contribution in [0, 0.1) is 0 Å². The lowest BCUT2D eigenvalue weighted by Crippen LogP contribution is -2.26. The van der Waals surface area contributed by atoms with E-state index in [1.54, 1.807) is 0 Å². The molecule has 90 valence electrons. The molecule has 1 heterocycles. The number of aromatic amines is 2. The van der Waals surface area contributed by atoms with Crippen molar-refractivity contribution in [1.82, 2.24) is 15.3 Å². The van der Waals surface area contributed by atoms with Crippen molar-refractivity contribution in [3.8, 4) is 0 Å². The Hall–Kier alpha value is -1.81. The first-order valence-electron chi connectivity index (χ1n) is 5.70. The lowest BCUT2D eigenvalue weighted by atomic mass is 10.1. The number of H-pyrrole nitrogens is 2. The lowest BCUT2D eigenvalue weighted by molar-refractivity contribution is 0.537. The molecular formula is C13H17N3O. The summed E-state index contributed by atoms with van der Waals surface area (Å²) in [6.07, 6.45) is 1.87.